The van der Waals surface area contributed by atoms with Gasteiger partial charge in [-0.1, -0.05) is 13.2 Å². The monoisotopic (exact) mass is 233 g/mol. The van der Waals surface area contributed by atoms with Crippen molar-refractivity contribution in [2.45, 2.75) is 6.92 Å². The van der Waals surface area contributed by atoms with Crippen molar-refractivity contribution in [1.82, 2.24) is 0 Å². The molecule has 0 bridgehead atoms. The van der Waals surface area contributed by atoms with Gasteiger partial charge >= 0.3 is 18.0 Å². The molecule has 0 aromatic heterocycles. The van der Waals surface area contributed by atoms with Gasteiger partial charge in [-0.25, -0.2) is 14.4 Å². The molecule has 0 radical (unpaired) electrons. The molecule has 0 saturated carbocycles. The minimum atomic E-state index is -1.33. The summed E-state index contributed by atoms with van der Waals surface area (Å²) < 4.78 is 4.43. The molecule has 16 heavy (non-hydrogen) atoms. The zero-order valence-corrected chi connectivity index (χ0v) is 8.88. The van der Waals surface area contributed by atoms with E-state index in [4.69, 9.17) is 15.0 Å². The fourth-order valence-corrected chi connectivity index (χ4v) is 0.201. The number of carboxylic acid groups (broad SMARTS) is 2. The van der Waals surface area contributed by atoms with E-state index in [0.717, 1.165) is 12.2 Å². The Hall–Kier alpha value is -2.31. The van der Waals surface area contributed by atoms with Gasteiger partial charge in [0.15, 0.2) is 0 Å². The van der Waals surface area contributed by atoms with Crippen molar-refractivity contribution in [3.63, 3.8) is 0 Å². The Bertz CT molecular complexity index is 244. The van der Waals surface area contributed by atoms with Crippen molar-refractivity contribution in [1.29, 1.82) is 0 Å². The lowest BCUT2D eigenvalue weighted by atomic mass is 10.6. The number of esters is 1. The Kier molecular flexibility index (Phi) is 18.3. The van der Waals surface area contributed by atoms with E-state index < -0.39 is 12.1 Å². The summed E-state index contributed by atoms with van der Waals surface area (Å²) in [5.74, 6) is -1.34. The molecule has 0 fully saturated rings. The van der Waals surface area contributed by atoms with E-state index in [2.05, 4.69) is 23.6 Å². The highest BCUT2D eigenvalue weighted by atomic mass is 16.5. The lowest BCUT2D eigenvalue weighted by Gasteiger charge is -1.90. The first-order valence-corrected chi connectivity index (χ1v) is 3.94. The molecule has 0 aromatic rings. The molecule has 0 spiro atoms. The second kappa shape index (κ2) is 15.2. The van der Waals surface area contributed by atoms with Crippen LogP contribution >= 0.6 is 0 Å². The van der Waals surface area contributed by atoms with Crippen LogP contribution in [-0.4, -0.2) is 34.9 Å². The molecule has 0 rings (SSSR count). The number of rotatable bonds is 3. The molecule has 7 heteroatoms. The number of aliphatic carboxylic acids is 1. The van der Waals surface area contributed by atoms with E-state index in [1.54, 1.807) is 6.92 Å². The normalized spacial score (nSPS) is 6.81. The molecule has 0 atom stereocenters. The number of primary amides is 1. The third kappa shape index (κ3) is 60.7. The molecule has 0 aliphatic carbocycles. The average Bonchev–Trinajstić information content (AvgIpc) is 2.18. The fraction of sp³-hybridized carbons (Fsp3) is 0.222. The van der Waals surface area contributed by atoms with Crippen LogP contribution in [0.5, 0.6) is 0 Å². The number of carbonyl (C=O) groups excluding carboxylic acids is 1. The number of amides is 1. The van der Waals surface area contributed by atoms with Crippen LogP contribution < -0.4 is 5.73 Å². The SMILES string of the molecule is C=CC(=O)O.C=CC(=O)OCC.NC(=O)O. The molecule has 7 nitrogen and oxygen atoms in total. The van der Waals surface area contributed by atoms with E-state index >= 15 is 0 Å². The van der Waals surface area contributed by atoms with Crippen LogP contribution in [0, 0.1) is 0 Å². The second-order valence-corrected chi connectivity index (χ2v) is 1.84. The number of nitrogens with two attached hydrogens (primary N) is 1. The number of carbonyl (C=O) groups is 3. The van der Waals surface area contributed by atoms with E-state index in [-0.39, 0.29) is 5.97 Å². The Morgan fingerprint density at radius 1 is 1.25 bits per heavy atom. The predicted molar refractivity (Wildman–Crippen MR) is 56.9 cm³/mol. The molecule has 0 aliphatic rings. The van der Waals surface area contributed by atoms with Crippen molar-refractivity contribution in [3.05, 3.63) is 25.3 Å². The Labute approximate surface area is 92.8 Å². The van der Waals surface area contributed by atoms with Gasteiger partial charge in [0.05, 0.1) is 6.61 Å². The van der Waals surface area contributed by atoms with Crippen LogP contribution in [0.4, 0.5) is 4.79 Å². The predicted octanol–water partition coefficient (Wildman–Crippen LogP) is 0.616. The lowest BCUT2D eigenvalue weighted by Crippen LogP contribution is -2.03. The second-order valence-electron chi connectivity index (χ2n) is 1.84. The third-order valence-electron chi connectivity index (χ3n) is 0.628. The topological polar surface area (TPSA) is 127 Å². The molecular weight excluding hydrogens is 218 g/mol. The standard InChI is InChI=1S/C5H8O2.C3H4O2.CH3NO2/c1-3-5(6)7-4-2;1-2-3(4)5;2-1(3)4/h3H,1,4H2,2H3;2H,1H2,(H,4,5);2H2,(H,3,4). The van der Waals surface area contributed by atoms with E-state index in [0.29, 0.717) is 6.61 Å². The van der Waals surface area contributed by atoms with Crippen molar-refractivity contribution >= 4 is 18.0 Å². The van der Waals surface area contributed by atoms with E-state index in [1.165, 1.54) is 0 Å². The first kappa shape index (κ1) is 19.3. The number of carboxylic acids is 1. The largest absolute Gasteiger partial charge is 0.478 e. The molecule has 4 N–H and O–H groups in total. The van der Waals surface area contributed by atoms with Crippen molar-refractivity contribution < 1.29 is 29.3 Å². The van der Waals surface area contributed by atoms with Gasteiger partial charge in [-0.2, -0.15) is 0 Å². The van der Waals surface area contributed by atoms with Gasteiger partial charge in [-0.3, -0.25) is 0 Å². The summed E-state index contributed by atoms with van der Waals surface area (Å²) in [7, 11) is 0. The summed E-state index contributed by atoms with van der Waals surface area (Å²) in [4.78, 5) is 28.1. The first-order chi connectivity index (χ1) is 7.31. The molecule has 0 aliphatic heterocycles. The quantitative estimate of drug-likeness (QED) is 0.484. The van der Waals surface area contributed by atoms with Gasteiger partial charge in [-0.15, -0.1) is 0 Å². The average molecular weight is 233 g/mol. The Balaban J connectivity index is -0.000000166. The smallest absolute Gasteiger partial charge is 0.402 e. The summed E-state index contributed by atoms with van der Waals surface area (Å²) in [6.07, 6.45) is 0.642. The number of hydrogen-bond donors (Lipinski definition) is 3. The van der Waals surface area contributed by atoms with E-state index in [9.17, 15) is 9.59 Å². The van der Waals surface area contributed by atoms with Crippen LogP contribution in [0.3, 0.4) is 0 Å². The van der Waals surface area contributed by atoms with Crippen LogP contribution in [-0.2, 0) is 14.3 Å². The number of ether oxygens (including phenoxy) is 1. The highest BCUT2D eigenvalue weighted by molar-refractivity contribution is 5.81. The molecule has 0 aromatic carbocycles. The van der Waals surface area contributed by atoms with Crippen molar-refractivity contribution in [2.75, 3.05) is 6.61 Å². The molecule has 0 saturated heterocycles. The van der Waals surface area contributed by atoms with Gasteiger partial charge in [0, 0.05) is 12.2 Å². The maximum Gasteiger partial charge on any atom is 0.402 e. The van der Waals surface area contributed by atoms with Gasteiger partial charge in [0.25, 0.3) is 0 Å². The summed E-state index contributed by atoms with van der Waals surface area (Å²) >= 11 is 0. The molecular formula is C9H15NO6. The summed E-state index contributed by atoms with van der Waals surface area (Å²) in [6, 6.07) is 0. The molecule has 0 heterocycles. The van der Waals surface area contributed by atoms with Crippen LogP contribution in [0.2, 0.25) is 0 Å². The summed E-state index contributed by atoms with van der Waals surface area (Å²) in [5.41, 5.74) is 4.03. The minimum absolute atomic E-state index is 0.359. The Morgan fingerprint density at radius 2 is 1.56 bits per heavy atom. The van der Waals surface area contributed by atoms with Crippen LogP contribution in [0.1, 0.15) is 6.92 Å². The highest BCUT2D eigenvalue weighted by Gasteiger charge is 1.86. The van der Waals surface area contributed by atoms with E-state index in [1.807, 2.05) is 0 Å². The van der Waals surface area contributed by atoms with Crippen molar-refractivity contribution in [3.8, 4) is 0 Å². The van der Waals surface area contributed by atoms with Gasteiger partial charge < -0.3 is 20.7 Å². The first-order valence-electron chi connectivity index (χ1n) is 3.94. The van der Waals surface area contributed by atoms with Gasteiger partial charge in [-0.05, 0) is 6.92 Å². The third-order valence-corrected chi connectivity index (χ3v) is 0.628. The van der Waals surface area contributed by atoms with Crippen molar-refractivity contribution in [2.24, 2.45) is 5.73 Å². The fourth-order valence-electron chi connectivity index (χ4n) is 0.201. The summed E-state index contributed by atoms with van der Waals surface area (Å²) in [5, 5.41) is 14.8. The molecule has 1 amide bonds. The zero-order valence-electron chi connectivity index (χ0n) is 8.88. The van der Waals surface area contributed by atoms with Gasteiger partial charge in [0.2, 0.25) is 0 Å². The van der Waals surface area contributed by atoms with Gasteiger partial charge in [0.1, 0.15) is 0 Å². The maximum absolute atomic E-state index is 10.1. The number of hydrogen-bond acceptors (Lipinski definition) is 4. The minimum Gasteiger partial charge on any atom is -0.478 e. The zero-order chi connectivity index (χ0) is 13.6. The Morgan fingerprint density at radius 3 is 1.62 bits per heavy atom. The maximum atomic E-state index is 10.1. The lowest BCUT2D eigenvalue weighted by molar-refractivity contribution is -0.137. The van der Waals surface area contributed by atoms with Crippen LogP contribution in [0.25, 0.3) is 0 Å². The highest BCUT2D eigenvalue weighted by Crippen LogP contribution is 1.74. The molecule has 92 valence electrons. The summed E-state index contributed by atoms with van der Waals surface area (Å²) in [6.45, 7) is 8.34. The molecule has 0 unspecified atom stereocenters. The van der Waals surface area contributed by atoms with Crippen LogP contribution in [0.15, 0.2) is 25.3 Å².